The van der Waals surface area contributed by atoms with Crippen molar-refractivity contribution in [3.8, 4) is 0 Å². The molecule has 2 nitrogen and oxygen atoms in total. The van der Waals surface area contributed by atoms with Crippen LogP contribution in [0.25, 0.3) is 0 Å². The van der Waals surface area contributed by atoms with E-state index in [4.69, 9.17) is 4.74 Å². The minimum atomic E-state index is -0.0755. The highest BCUT2D eigenvalue weighted by atomic mass is 19.1. The fraction of sp³-hybridized carbons (Fsp3) is 0.600. The van der Waals surface area contributed by atoms with Crippen LogP contribution in [0.5, 0.6) is 0 Å². The molecule has 0 aliphatic heterocycles. The second kappa shape index (κ2) is 7.49. The van der Waals surface area contributed by atoms with E-state index >= 15 is 0 Å². The molecule has 1 aromatic carbocycles. The standard InChI is InChI=1S/C15H24FNO/c1-11-6-5-7-14(15(11)16)12(2)10-13(18-4)8-9-17-3/h5-7,12-13,17H,8-10H2,1-4H3. The van der Waals surface area contributed by atoms with E-state index in [0.29, 0.717) is 5.56 Å². The van der Waals surface area contributed by atoms with Crippen LogP contribution in [0.15, 0.2) is 18.2 Å². The Morgan fingerprint density at radius 2 is 2.11 bits per heavy atom. The third kappa shape index (κ3) is 4.07. The summed E-state index contributed by atoms with van der Waals surface area (Å²) in [6.07, 6.45) is 1.97. The van der Waals surface area contributed by atoms with E-state index in [1.54, 1.807) is 20.1 Å². The Labute approximate surface area is 110 Å². The highest BCUT2D eigenvalue weighted by Gasteiger charge is 2.17. The molecule has 1 N–H and O–H groups in total. The average Bonchev–Trinajstić information content (AvgIpc) is 2.37. The van der Waals surface area contributed by atoms with Crippen LogP contribution in [0.3, 0.4) is 0 Å². The summed E-state index contributed by atoms with van der Waals surface area (Å²) >= 11 is 0. The molecule has 2 unspecified atom stereocenters. The number of benzene rings is 1. The first-order valence-electron chi connectivity index (χ1n) is 6.52. The Bertz CT molecular complexity index is 368. The quantitative estimate of drug-likeness (QED) is 0.805. The zero-order valence-electron chi connectivity index (χ0n) is 11.8. The Hall–Kier alpha value is -0.930. The van der Waals surface area contributed by atoms with Gasteiger partial charge in [0.25, 0.3) is 0 Å². The number of nitrogens with one attached hydrogen (secondary N) is 1. The van der Waals surface area contributed by atoms with Crippen LogP contribution in [-0.4, -0.2) is 26.8 Å². The van der Waals surface area contributed by atoms with Crippen molar-refractivity contribution in [1.82, 2.24) is 5.32 Å². The lowest BCUT2D eigenvalue weighted by Gasteiger charge is -2.21. The zero-order chi connectivity index (χ0) is 13.5. The fourth-order valence-corrected chi connectivity index (χ4v) is 2.21. The lowest BCUT2D eigenvalue weighted by molar-refractivity contribution is 0.0832. The molecule has 0 amide bonds. The van der Waals surface area contributed by atoms with Gasteiger partial charge in [0.1, 0.15) is 5.82 Å². The van der Waals surface area contributed by atoms with E-state index < -0.39 is 0 Å². The molecule has 0 saturated carbocycles. The lowest BCUT2D eigenvalue weighted by Crippen LogP contribution is -2.20. The van der Waals surface area contributed by atoms with Gasteiger partial charge in [-0.05, 0) is 50.4 Å². The van der Waals surface area contributed by atoms with Crippen molar-refractivity contribution in [2.45, 2.75) is 38.7 Å². The van der Waals surface area contributed by atoms with Crippen LogP contribution >= 0.6 is 0 Å². The molecule has 0 bridgehead atoms. The Morgan fingerprint density at radius 1 is 1.39 bits per heavy atom. The summed E-state index contributed by atoms with van der Waals surface area (Å²) in [4.78, 5) is 0. The molecule has 102 valence electrons. The van der Waals surface area contributed by atoms with E-state index in [-0.39, 0.29) is 17.8 Å². The molecule has 0 aromatic heterocycles. The Balaban J connectivity index is 2.68. The molecular formula is C15H24FNO. The second-order valence-electron chi connectivity index (χ2n) is 4.86. The van der Waals surface area contributed by atoms with E-state index in [1.807, 2.05) is 19.2 Å². The molecule has 0 spiro atoms. The molecule has 2 atom stereocenters. The summed E-state index contributed by atoms with van der Waals surface area (Å²) in [6, 6.07) is 5.60. The van der Waals surface area contributed by atoms with Gasteiger partial charge in [-0.15, -0.1) is 0 Å². The topological polar surface area (TPSA) is 21.3 Å². The first kappa shape index (κ1) is 15.1. The van der Waals surface area contributed by atoms with Gasteiger partial charge in [-0.3, -0.25) is 0 Å². The minimum absolute atomic E-state index is 0.0755. The number of halogens is 1. The van der Waals surface area contributed by atoms with Gasteiger partial charge in [-0.1, -0.05) is 25.1 Å². The van der Waals surface area contributed by atoms with Crippen LogP contribution in [0.1, 0.15) is 36.8 Å². The molecule has 0 radical (unpaired) electrons. The monoisotopic (exact) mass is 253 g/mol. The third-order valence-corrected chi connectivity index (χ3v) is 3.42. The summed E-state index contributed by atoms with van der Waals surface area (Å²) in [7, 11) is 3.65. The number of hydrogen-bond acceptors (Lipinski definition) is 2. The van der Waals surface area contributed by atoms with Gasteiger partial charge in [0.15, 0.2) is 0 Å². The maximum atomic E-state index is 14.0. The number of aryl methyl sites for hydroxylation is 1. The van der Waals surface area contributed by atoms with Crippen molar-refractivity contribution < 1.29 is 9.13 Å². The molecule has 0 heterocycles. The largest absolute Gasteiger partial charge is 0.381 e. The van der Waals surface area contributed by atoms with Gasteiger partial charge in [-0.2, -0.15) is 0 Å². The minimum Gasteiger partial charge on any atom is -0.381 e. The van der Waals surface area contributed by atoms with Crippen molar-refractivity contribution in [3.05, 3.63) is 35.1 Å². The Morgan fingerprint density at radius 3 is 2.72 bits per heavy atom. The number of hydrogen-bond donors (Lipinski definition) is 1. The summed E-state index contributed by atoms with van der Waals surface area (Å²) in [5.41, 5.74) is 1.50. The number of methoxy groups -OCH3 is 1. The van der Waals surface area contributed by atoms with Gasteiger partial charge < -0.3 is 10.1 Å². The van der Waals surface area contributed by atoms with E-state index in [2.05, 4.69) is 12.2 Å². The highest BCUT2D eigenvalue weighted by Crippen LogP contribution is 2.26. The van der Waals surface area contributed by atoms with Crippen molar-refractivity contribution >= 4 is 0 Å². The average molecular weight is 253 g/mol. The lowest BCUT2D eigenvalue weighted by atomic mass is 9.92. The first-order valence-corrected chi connectivity index (χ1v) is 6.52. The molecule has 1 rings (SSSR count). The molecule has 0 saturated heterocycles. The summed E-state index contributed by atoms with van der Waals surface area (Å²) in [5.74, 6) is 0.0974. The summed E-state index contributed by atoms with van der Waals surface area (Å²) in [6.45, 7) is 4.78. The maximum absolute atomic E-state index is 14.0. The van der Waals surface area contributed by atoms with Gasteiger partial charge >= 0.3 is 0 Å². The van der Waals surface area contributed by atoms with Crippen LogP contribution in [-0.2, 0) is 4.74 Å². The van der Waals surface area contributed by atoms with Gasteiger partial charge in [0.05, 0.1) is 6.10 Å². The van der Waals surface area contributed by atoms with Crippen LogP contribution < -0.4 is 5.32 Å². The van der Waals surface area contributed by atoms with Crippen LogP contribution in [0.2, 0.25) is 0 Å². The van der Waals surface area contributed by atoms with Crippen molar-refractivity contribution in [3.63, 3.8) is 0 Å². The molecule has 18 heavy (non-hydrogen) atoms. The van der Waals surface area contributed by atoms with E-state index in [1.165, 1.54) is 0 Å². The van der Waals surface area contributed by atoms with Crippen molar-refractivity contribution in [2.75, 3.05) is 20.7 Å². The third-order valence-electron chi connectivity index (χ3n) is 3.42. The van der Waals surface area contributed by atoms with Crippen LogP contribution in [0, 0.1) is 12.7 Å². The van der Waals surface area contributed by atoms with Crippen LogP contribution in [0.4, 0.5) is 4.39 Å². The maximum Gasteiger partial charge on any atom is 0.129 e. The Kier molecular flexibility index (Phi) is 6.30. The predicted octanol–water partition coefficient (Wildman–Crippen LogP) is 3.25. The molecule has 1 aromatic rings. The SMILES string of the molecule is CNCCC(CC(C)c1cccc(C)c1F)OC. The molecule has 0 aliphatic rings. The molecular weight excluding hydrogens is 229 g/mol. The molecule has 0 fully saturated rings. The molecule has 3 heteroatoms. The fourth-order valence-electron chi connectivity index (χ4n) is 2.21. The summed E-state index contributed by atoms with van der Waals surface area (Å²) in [5, 5.41) is 3.11. The number of rotatable bonds is 7. The highest BCUT2D eigenvalue weighted by molar-refractivity contribution is 5.27. The van der Waals surface area contributed by atoms with Crippen molar-refractivity contribution in [1.29, 1.82) is 0 Å². The smallest absolute Gasteiger partial charge is 0.129 e. The molecule has 0 aliphatic carbocycles. The van der Waals surface area contributed by atoms with Gasteiger partial charge in [0.2, 0.25) is 0 Å². The van der Waals surface area contributed by atoms with E-state index in [9.17, 15) is 4.39 Å². The summed E-state index contributed by atoms with van der Waals surface area (Å²) < 4.78 is 19.5. The predicted molar refractivity (Wildman–Crippen MR) is 73.5 cm³/mol. The zero-order valence-corrected chi connectivity index (χ0v) is 11.8. The van der Waals surface area contributed by atoms with E-state index in [0.717, 1.165) is 24.9 Å². The number of ether oxygens (including phenoxy) is 1. The first-order chi connectivity index (χ1) is 8.60. The second-order valence-corrected chi connectivity index (χ2v) is 4.86. The van der Waals surface area contributed by atoms with Gasteiger partial charge in [0, 0.05) is 7.11 Å². The van der Waals surface area contributed by atoms with Gasteiger partial charge in [-0.25, -0.2) is 4.39 Å². The normalized spacial score (nSPS) is 14.5. The van der Waals surface area contributed by atoms with Crippen molar-refractivity contribution in [2.24, 2.45) is 0 Å².